The van der Waals surface area contributed by atoms with Crippen molar-refractivity contribution in [1.82, 2.24) is 14.9 Å². The standard InChI is InChI=1S/C23H28F3N5O/c1-17-15-20(28-22(27-17)31-9-3-2-4-10-31)29-11-13-30(14-12-29)21(32)16-18-5-7-19(8-6-18)23(24,25)26/h5-8,15H,2-4,9-14,16H2,1H3. The zero-order chi connectivity index (χ0) is 22.7. The molecule has 2 aromatic rings. The summed E-state index contributed by atoms with van der Waals surface area (Å²) in [5.41, 5.74) is 0.811. The predicted molar refractivity (Wildman–Crippen MR) is 117 cm³/mol. The number of alkyl halides is 3. The monoisotopic (exact) mass is 447 g/mol. The number of carbonyl (C=O) groups is 1. The minimum atomic E-state index is -4.37. The van der Waals surface area contributed by atoms with E-state index in [2.05, 4.69) is 14.8 Å². The molecule has 2 saturated heterocycles. The van der Waals surface area contributed by atoms with Crippen LogP contribution in [0.5, 0.6) is 0 Å². The van der Waals surface area contributed by atoms with Crippen LogP contribution in [0, 0.1) is 6.92 Å². The number of nitrogens with zero attached hydrogens (tertiary/aromatic N) is 5. The lowest BCUT2D eigenvalue weighted by Crippen LogP contribution is -2.49. The third kappa shape index (κ3) is 5.31. The summed E-state index contributed by atoms with van der Waals surface area (Å²) < 4.78 is 38.1. The van der Waals surface area contributed by atoms with Crippen molar-refractivity contribution in [3.05, 3.63) is 47.2 Å². The van der Waals surface area contributed by atoms with Crippen LogP contribution in [0.15, 0.2) is 30.3 Å². The molecule has 2 aliphatic rings. The second-order valence-corrected chi connectivity index (χ2v) is 8.45. The van der Waals surface area contributed by atoms with Gasteiger partial charge in [0.05, 0.1) is 12.0 Å². The van der Waals surface area contributed by atoms with Crippen molar-refractivity contribution in [1.29, 1.82) is 0 Å². The highest BCUT2D eigenvalue weighted by atomic mass is 19.4. The van der Waals surface area contributed by atoms with Crippen molar-refractivity contribution in [3.8, 4) is 0 Å². The number of amides is 1. The maximum Gasteiger partial charge on any atom is 0.416 e. The summed E-state index contributed by atoms with van der Waals surface area (Å²) in [6, 6.07) is 6.79. The summed E-state index contributed by atoms with van der Waals surface area (Å²) in [6.45, 7) is 6.37. The molecule has 0 bridgehead atoms. The first-order chi connectivity index (χ1) is 15.3. The van der Waals surface area contributed by atoms with E-state index < -0.39 is 11.7 Å². The highest BCUT2D eigenvalue weighted by Gasteiger charge is 2.30. The van der Waals surface area contributed by atoms with Gasteiger partial charge in [0.2, 0.25) is 11.9 Å². The molecule has 4 rings (SSSR count). The number of benzene rings is 1. The second-order valence-electron chi connectivity index (χ2n) is 8.45. The van der Waals surface area contributed by atoms with Crippen LogP contribution in [0.1, 0.15) is 36.1 Å². The van der Waals surface area contributed by atoms with Crippen molar-refractivity contribution in [2.45, 2.75) is 38.8 Å². The Kier molecular flexibility index (Phi) is 6.53. The highest BCUT2D eigenvalue weighted by molar-refractivity contribution is 5.79. The first-order valence-corrected chi connectivity index (χ1v) is 11.1. The van der Waals surface area contributed by atoms with Gasteiger partial charge in [-0.2, -0.15) is 18.2 Å². The predicted octanol–water partition coefficient (Wildman–Crippen LogP) is 3.69. The zero-order valence-corrected chi connectivity index (χ0v) is 18.2. The number of piperazine rings is 1. The summed E-state index contributed by atoms with van der Waals surface area (Å²) in [5, 5.41) is 0. The van der Waals surface area contributed by atoms with E-state index in [1.54, 1.807) is 4.90 Å². The van der Waals surface area contributed by atoms with Crippen molar-refractivity contribution >= 4 is 17.7 Å². The quantitative estimate of drug-likeness (QED) is 0.716. The summed E-state index contributed by atoms with van der Waals surface area (Å²) >= 11 is 0. The van der Waals surface area contributed by atoms with Crippen molar-refractivity contribution < 1.29 is 18.0 Å². The first-order valence-electron chi connectivity index (χ1n) is 11.1. The lowest BCUT2D eigenvalue weighted by molar-refractivity contribution is -0.137. The third-order valence-electron chi connectivity index (χ3n) is 6.06. The average molecular weight is 448 g/mol. The number of aromatic nitrogens is 2. The minimum Gasteiger partial charge on any atom is -0.353 e. The van der Waals surface area contributed by atoms with Gasteiger partial charge in [0, 0.05) is 51.0 Å². The molecule has 0 N–H and O–H groups in total. The molecule has 1 aromatic heterocycles. The Labute approximate surface area is 186 Å². The number of anilines is 2. The zero-order valence-electron chi connectivity index (χ0n) is 18.2. The number of hydrogen-bond acceptors (Lipinski definition) is 5. The van der Waals surface area contributed by atoms with Crippen molar-refractivity contribution in [3.63, 3.8) is 0 Å². The molecule has 0 unspecified atom stereocenters. The molecule has 0 saturated carbocycles. The van der Waals surface area contributed by atoms with Gasteiger partial charge < -0.3 is 14.7 Å². The van der Waals surface area contributed by atoms with Crippen molar-refractivity contribution in [2.24, 2.45) is 0 Å². The van der Waals surface area contributed by atoms with Gasteiger partial charge >= 0.3 is 6.18 Å². The number of hydrogen-bond donors (Lipinski definition) is 0. The average Bonchev–Trinajstić information content (AvgIpc) is 2.79. The molecule has 2 fully saturated rings. The minimum absolute atomic E-state index is 0.0720. The van der Waals surface area contributed by atoms with Gasteiger partial charge in [0.1, 0.15) is 5.82 Å². The molecule has 6 nitrogen and oxygen atoms in total. The molecule has 3 heterocycles. The van der Waals surface area contributed by atoms with Crippen LogP contribution in [-0.2, 0) is 17.4 Å². The SMILES string of the molecule is Cc1cc(N2CCN(C(=O)Cc3ccc(C(F)(F)F)cc3)CC2)nc(N2CCCCC2)n1. The van der Waals surface area contributed by atoms with Crippen LogP contribution >= 0.6 is 0 Å². The summed E-state index contributed by atoms with van der Waals surface area (Å²) in [7, 11) is 0. The molecule has 0 aliphatic carbocycles. The van der Waals surface area contributed by atoms with E-state index in [0.717, 1.165) is 55.5 Å². The normalized spacial score (nSPS) is 17.6. The fourth-order valence-corrected chi connectivity index (χ4v) is 4.22. The lowest BCUT2D eigenvalue weighted by Gasteiger charge is -2.36. The smallest absolute Gasteiger partial charge is 0.353 e. The van der Waals surface area contributed by atoms with E-state index in [1.807, 2.05) is 13.0 Å². The number of aryl methyl sites for hydroxylation is 1. The molecular weight excluding hydrogens is 419 g/mol. The molecule has 32 heavy (non-hydrogen) atoms. The van der Waals surface area contributed by atoms with E-state index in [1.165, 1.54) is 18.6 Å². The molecule has 172 valence electrons. The first kappa shape index (κ1) is 22.4. The van der Waals surface area contributed by atoms with Crippen LogP contribution in [-0.4, -0.2) is 60.0 Å². The number of halogens is 3. The van der Waals surface area contributed by atoms with Crippen LogP contribution in [0.3, 0.4) is 0 Å². The molecule has 1 aromatic carbocycles. The Balaban J connectivity index is 1.34. The summed E-state index contributed by atoms with van der Waals surface area (Å²) in [5.74, 6) is 1.59. The van der Waals surface area contributed by atoms with Gasteiger partial charge in [-0.15, -0.1) is 0 Å². The Bertz CT molecular complexity index is 934. The van der Waals surface area contributed by atoms with Gasteiger partial charge in [-0.25, -0.2) is 4.98 Å². The molecule has 2 aliphatic heterocycles. The second kappa shape index (κ2) is 9.34. The Morgan fingerprint density at radius 3 is 2.19 bits per heavy atom. The van der Waals surface area contributed by atoms with Crippen molar-refractivity contribution in [2.75, 3.05) is 49.1 Å². The van der Waals surface area contributed by atoms with E-state index in [-0.39, 0.29) is 12.3 Å². The van der Waals surface area contributed by atoms with Crippen LogP contribution < -0.4 is 9.80 Å². The van der Waals surface area contributed by atoms with Crippen LogP contribution in [0.4, 0.5) is 24.9 Å². The van der Waals surface area contributed by atoms with Gasteiger partial charge in [-0.1, -0.05) is 12.1 Å². The van der Waals surface area contributed by atoms with E-state index >= 15 is 0 Å². The van der Waals surface area contributed by atoms with E-state index in [4.69, 9.17) is 4.98 Å². The Morgan fingerprint density at radius 1 is 0.906 bits per heavy atom. The van der Waals surface area contributed by atoms with Crippen LogP contribution in [0.25, 0.3) is 0 Å². The van der Waals surface area contributed by atoms with E-state index in [0.29, 0.717) is 31.7 Å². The maximum atomic E-state index is 12.7. The lowest BCUT2D eigenvalue weighted by atomic mass is 10.1. The summed E-state index contributed by atoms with van der Waals surface area (Å²) in [4.78, 5) is 28.3. The Hall–Kier alpha value is -2.84. The summed E-state index contributed by atoms with van der Waals surface area (Å²) in [6.07, 6.45) is -0.702. The van der Waals surface area contributed by atoms with Gasteiger partial charge in [0.25, 0.3) is 0 Å². The topological polar surface area (TPSA) is 52.6 Å². The highest BCUT2D eigenvalue weighted by Crippen LogP contribution is 2.29. The number of piperidine rings is 1. The maximum absolute atomic E-state index is 12.7. The fourth-order valence-electron chi connectivity index (χ4n) is 4.22. The Morgan fingerprint density at radius 2 is 1.56 bits per heavy atom. The molecular formula is C23H28F3N5O. The number of carbonyl (C=O) groups excluding carboxylic acids is 1. The van der Waals surface area contributed by atoms with Gasteiger partial charge in [-0.05, 0) is 43.9 Å². The third-order valence-corrected chi connectivity index (χ3v) is 6.06. The molecule has 1 amide bonds. The molecule has 0 radical (unpaired) electrons. The molecule has 0 atom stereocenters. The fraction of sp³-hybridized carbons (Fsp3) is 0.522. The van der Waals surface area contributed by atoms with Gasteiger partial charge in [0.15, 0.2) is 0 Å². The van der Waals surface area contributed by atoms with E-state index in [9.17, 15) is 18.0 Å². The molecule has 0 spiro atoms. The largest absolute Gasteiger partial charge is 0.416 e. The molecule has 9 heteroatoms. The van der Waals surface area contributed by atoms with Gasteiger partial charge in [-0.3, -0.25) is 4.79 Å². The van der Waals surface area contributed by atoms with Crippen LogP contribution in [0.2, 0.25) is 0 Å². The number of rotatable bonds is 4.